The number of benzene rings is 1. The van der Waals surface area contributed by atoms with E-state index < -0.39 is 10.8 Å². The number of amides is 1. The zero-order chi connectivity index (χ0) is 15.2. The molecule has 2 aromatic rings. The highest BCUT2D eigenvalue weighted by atomic mass is 32.2. The molecule has 7 nitrogen and oxygen atoms in total. The van der Waals surface area contributed by atoms with Crippen molar-refractivity contribution >= 4 is 23.4 Å². The molecule has 1 amide bonds. The predicted molar refractivity (Wildman–Crippen MR) is 79.5 cm³/mol. The van der Waals surface area contributed by atoms with E-state index >= 15 is 0 Å². The summed E-state index contributed by atoms with van der Waals surface area (Å²) < 4.78 is 0. The molecule has 0 aliphatic carbocycles. The van der Waals surface area contributed by atoms with Gasteiger partial charge < -0.3 is 10.3 Å². The average Bonchev–Trinajstić information content (AvgIpc) is 2.99. The predicted octanol–water partition coefficient (Wildman–Crippen LogP) is 2.01. The first-order valence-corrected chi connectivity index (χ1v) is 7.43. The monoisotopic (exact) mass is 306 g/mol. The molecule has 0 saturated heterocycles. The standard InChI is InChI=1S/C13H14N4O3S/c1-21-9-2-3-11(17(19)20)10(8-9)13(18)16-5-4-12-14-6-7-15-12/h2-3,6-8H,4-5H2,1H3,(H,14,15)(H,16,18). The van der Waals surface area contributed by atoms with Crippen LogP contribution in [0.25, 0.3) is 0 Å². The SMILES string of the molecule is CSc1ccc([N+](=O)[O-])c(C(=O)NCCc2ncc[nH]2)c1. The molecule has 2 N–H and O–H groups in total. The first kappa shape index (κ1) is 15.0. The van der Waals surface area contributed by atoms with Gasteiger partial charge in [-0.25, -0.2) is 4.98 Å². The van der Waals surface area contributed by atoms with Crippen LogP contribution in [0.5, 0.6) is 0 Å². The Balaban J connectivity index is 2.08. The van der Waals surface area contributed by atoms with Gasteiger partial charge in [-0.15, -0.1) is 11.8 Å². The number of nitro benzene ring substituents is 1. The minimum atomic E-state index is -0.550. The van der Waals surface area contributed by atoms with Crippen molar-refractivity contribution in [3.63, 3.8) is 0 Å². The summed E-state index contributed by atoms with van der Waals surface area (Å²) in [5, 5.41) is 13.7. The van der Waals surface area contributed by atoms with Gasteiger partial charge in [0.2, 0.25) is 0 Å². The van der Waals surface area contributed by atoms with Crippen molar-refractivity contribution in [1.82, 2.24) is 15.3 Å². The van der Waals surface area contributed by atoms with Crippen molar-refractivity contribution in [2.24, 2.45) is 0 Å². The number of H-pyrrole nitrogens is 1. The second kappa shape index (κ2) is 6.89. The van der Waals surface area contributed by atoms with Crippen LogP contribution < -0.4 is 5.32 Å². The fourth-order valence-corrected chi connectivity index (χ4v) is 2.25. The van der Waals surface area contributed by atoms with Crippen LogP contribution in [0.3, 0.4) is 0 Å². The van der Waals surface area contributed by atoms with E-state index in [0.717, 1.165) is 10.7 Å². The summed E-state index contributed by atoms with van der Waals surface area (Å²) in [7, 11) is 0. The van der Waals surface area contributed by atoms with Crippen molar-refractivity contribution in [2.75, 3.05) is 12.8 Å². The third-order valence-corrected chi connectivity index (χ3v) is 3.57. The van der Waals surface area contributed by atoms with E-state index in [1.54, 1.807) is 18.5 Å². The molecule has 0 saturated carbocycles. The fraction of sp³-hybridized carbons (Fsp3) is 0.231. The van der Waals surface area contributed by atoms with Crippen molar-refractivity contribution in [3.8, 4) is 0 Å². The number of nitro groups is 1. The molecule has 0 radical (unpaired) electrons. The third-order valence-electron chi connectivity index (χ3n) is 2.85. The lowest BCUT2D eigenvalue weighted by molar-refractivity contribution is -0.385. The lowest BCUT2D eigenvalue weighted by Gasteiger charge is -2.06. The molecule has 0 aliphatic rings. The van der Waals surface area contributed by atoms with Gasteiger partial charge in [0.25, 0.3) is 11.6 Å². The van der Waals surface area contributed by atoms with Gasteiger partial charge in [0.15, 0.2) is 0 Å². The molecule has 0 aliphatic heterocycles. The summed E-state index contributed by atoms with van der Waals surface area (Å²) in [4.78, 5) is 30.3. The maximum absolute atomic E-state index is 12.1. The largest absolute Gasteiger partial charge is 0.351 e. The first-order valence-electron chi connectivity index (χ1n) is 6.20. The Bertz CT molecular complexity index is 643. The topological polar surface area (TPSA) is 101 Å². The van der Waals surface area contributed by atoms with E-state index in [-0.39, 0.29) is 11.3 Å². The number of nitrogens with one attached hydrogen (secondary N) is 2. The molecule has 1 aromatic heterocycles. The molecule has 0 unspecified atom stereocenters. The second-order valence-electron chi connectivity index (χ2n) is 4.18. The summed E-state index contributed by atoms with van der Waals surface area (Å²) in [6, 6.07) is 4.51. The molecule has 21 heavy (non-hydrogen) atoms. The Hall–Kier alpha value is -2.35. The van der Waals surface area contributed by atoms with Crippen LogP contribution >= 0.6 is 11.8 Å². The van der Waals surface area contributed by atoms with Gasteiger partial charge in [-0.2, -0.15) is 0 Å². The number of rotatable bonds is 6. The molecular weight excluding hydrogens is 292 g/mol. The molecule has 110 valence electrons. The number of carbonyl (C=O) groups is 1. The van der Waals surface area contributed by atoms with Crippen LogP contribution in [-0.2, 0) is 6.42 Å². The molecule has 1 heterocycles. The van der Waals surface area contributed by atoms with E-state index in [1.165, 1.54) is 23.9 Å². The molecule has 2 rings (SSSR count). The van der Waals surface area contributed by atoms with Crippen molar-refractivity contribution < 1.29 is 9.72 Å². The lowest BCUT2D eigenvalue weighted by atomic mass is 10.1. The smallest absolute Gasteiger partial charge is 0.282 e. The summed E-state index contributed by atoms with van der Waals surface area (Å²) in [6.45, 7) is 0.354. The highest BCUT2D eigenvalue weighted by Gasteiger charge is 2.20. The Morgan fingerprint density at radius 3 is 2.95 bits per heavy atom. The van der Waals surface area contributed by atoms with Crippen LogP contribution in [0.4, 0.5) is 5.69 Å². The fourth-order valence-electron chi connectivity index (χ4n) is 1.81. The number of aromatic amines is 1. The average molecular weight is 306 g/mol. The van der Waals surface area contributed by atoms with Gasteiger partial charge in [-0.3, -0.25) is 14.9 Å². The van der Waals surface area contributed by atoms with Gasteiger partial charge in [-0.05, 0) is 18.4 Å². The van der Waals surface area contributed by atoms with Crippen LogP contribution in [0, 0.1) is 10.1 Å². The maximum atomic E-state index is 12.1. The van der Waals surface area contributed by atoms with Crippen LogP contribution in [0.15, 0.2) is 35.5 Å². The molecule has 8 heteroatoms. The lowest BCUT2D eigenvalue weighted by Crippen LogP contribution is -2.26. The van der Waals surface area contributed by atoms with Gasteiger partial charge in [-0.1, -0.05) is 0 Å². The van der Waals surface area contributed by atoms with E-state index in [1.807, 2.05) is 6.26 Å². The van der Waals surface area contributed by atoms with Crippen molar-refractivity contribution in [2.45, 2.75) is 11.3 Å². The highest BCUT2D eigenvalue weighted by Crippen LogP contribution is 2.24. The molecule has 0 atom stereocenters. The highest BCUT2D eigenvalue weighted by molar-refractivity contribution is 7.98. The molecule has 0 bridgehead atoms. The van der Waals surface area contributed by atoms with Crippen LogP contribution in [0.1, 0.15) is 16.2 Å². The second-order valence-corrected chi connectivity index (χ2v) is 5.06. The summed E-state index contributed by atoms with van der Waals surface area (Å²) in [6.07, 6.45) is 5.71. The maximum Gasteiger partial charge on any atom is 0.282 e. The quantitative estimate of drug-likeness (QED) is 0.483. The normalized spacial score (nSPS) is 10.3. The molecular formula is C13H14N4O3S. The zero-order valence-electron chi connectivity index (χ0n) is 11.3. The van der Waals surface area contributed by atoms with Gasteiger partial charge >= 0.3 is 0 Å². The van der Waals surface area contributed by atoms with E-state index in [2.05, 4.69) is 15.3 Å². The Kier molecular flexibility index (Phi) is 4.94. The number of aromatic nitrogens is 2. The Morgan fingerprint density at radius 2 is 2.33 bits per heavy atom. The number of nitrogens with zero attached hydrogens (tertiary/aromatic N) is 2. The van der Waals surface area contributed by atoms with E-state index in [9.17, 15) is 14.9 Å². The number of thioether (sulfide) groups is 1. The molecule has 0 fully saturated rings. The first-order chi connectivity index (χ1) is 10.1. The summed E-state index contributed by atoms with van der Waals surface area (Å²) in [5.74, 6) is 0.298. The van der Waals surface area contributed by atoms with Gasteiger partial charge in [0.05, 0.1) is 4.92 Å². The Labute approximate surface area is 125 Å². The van der Waals surface area contributed by atoms with Crippen LogP contribution in [0.2, 0.25) is 0 Å². The van der Waals surface area contributed by atoms with E-state index in [4.69, 9.17) is 0 Å². The third kappa shape index (κ3) is 3.82. The van der Waals surface area contributed by atoms with Gasteiger partial charge in [0, 0.05) is 36.3 Å². The zero-order valence-corrected chi connectivity index (χ0v) is 12.1. The van der Waals surface area contributed by atoms with Crippen molar-refractivity contribution in [3.05, 3.63) is 52.1 Å². The Morgan fingerprint density at radius 1 is 1.52 bits per heavy atom. The molecule has 0 spiro atoms. The number of hydrogen-bond acceptors (Lipinski definition) is 5. The summed E-state index contributed by atoms with van der Waals surface area (Å²) in [5.41, 5.74) is -0.116. The molecule has 1 aromatic carbocycles. The van der Waals surface area contributed by atoms with E-state index in [0.29, 0.717) is 13.0 Å². The number of hydrogen-bond donors (Lipinski definition) is 2. The van der Waals surface area contributed by atoms with Crippen LogP contribution in [-0.4, -0.2) is 33.6 Å². The minimum Gasteiger partial charge on any atom is -0.351 e. The number of imidazole rings is 1. The summed E-state index contributed by atoms with van der Waals surface area (Å²) >= 11 is 1.43. The minimum absolute atomic E-state index is 0.0753. The number of carbonyl (C=O) groups excluding carboxylic acids is 1. The van der Waals surface area contributed by atoms with Gasteiger partial charge in [0.1, 0.15) is 11.4 Å². The van der Waals surface area contributed by atoms with Crippen molar-refractivity contribution in [1.29, 1.82) is 0 Å².